The molecule has 8 heteroatoms. The van der Waals surface area contributed by atoms with Gasteiger partial charge in [-0.2, -0.15) is 5.10 Å². The third-order valence-electron chi connectivity index (χ3n) is 5.36. The molecular weight excluding hydrogens is 511 g/mol. The number of halogens is 2. The molecule has 0 aliphatic heterocycles. The van der Waals surface area contributed by atoms with E-state index >= 15 is 0 Å². The van der Waals surface area contributed by atoms with Crippen LogP contribution < -0.4 is 19.6 Å². The van der Waals surface area contributed by atoms with E-state index in [0.29, 0.717) is 28.2 Å². The van der Waals surface area contributed by atoms with Crippen LogP contribution in [0.2, 0.25) is 10.0 Å². The number of unbranched alkanes of at least 4 members (excludes halogenated alkanes) is 5. The Morgan fingerprint density at radius 1 is 0.784 bits per heavy atom. The lowest BCUT2D eigenvalue weighted by molar-refractivity contribution is -0.140. The second kappa shape index (κ2) is 15.8. The molecule has 6 nitrogen and oxygen atoms in total. The molecule has 37 heavy (non-hydrogen) atoms. The van der Waals surface area contributed by atoms with E-state index in [0.717, 1.165) is 17.7 Å². The van der Waals surface area contributed by atoms with Gasteiger partial charge in [0.25, 0.3) is 0 Å². The zero-order valence-electron chi connectivity index (χ0n) is 20.9. The Balaban J connectivity index is 1.51. The summed E-state index contributed by atoms with van der Waals surface area (Å²) in [7, 11) is 0. The van der Waals surface area contributed by atoms with Crippen LogP contribution in [0.3, 0.4) is 0 Å². The fourth-order valence-electron chi connectivity index (χ4n) is 3.35. The summed E-state index contributed by atoms with van der Waals surface area (Å²) in [5.41, 5.74) is 3.28. The van der Waals surface area contributed by atoms with E-state index in [1.165, 1.54) is 38.3 Å². The van der Waals surface area contributed by atoms with E-state index < -0.39 is 12.2 Å². The maximum absolute atomic E-state index is 12.8. The van der Waals surface area contributed by atoms with Crippen LogP contribution in [-0.4, -0.2) is 25.0 Å². The van der Waals surface area contributed by atoms with Crippen LogP contribution in [0, 0.1) is 0 Å². The molecule has 0 unspecified atom stereocenters. The Labute approximate surface area is 228 Å². The number of ether oxygens (including phenoxy) is 3. The van der Waals surface area contributed by atoms with Crippen LogP contribution in [0.25, 0.3) is 0 Å². The molecule has 0 saturated carbocycles. The SMILES string of the molecule is CCCCCCCCOc1ccc(/C=N/NC(=O)C(Oc2ccc(Cl)cc2)Oc2ccc(Cl)cc2)cc1. The van der Waals surface area contributed by atoms with Crippen molar-refractivity contribution in [3.63, 3.8) is 0 Å². The first-order valence-electron chi connectivity index (χ1n) is 12.4. The molecule has 196 valence electrons. The van der Waals surface area contributed by atoms with Crippen molar-refractivity contribution in [1.29, 1.82) is 0 Å². The number of hydrogen-bond donors (Lipinski definition) is 1. The summed E-state index contributed by atoms with van der Waals surface area (Å²) < 4.78 is 17.3. The average molecular weight is 543 g/mol. The Bertz CT molecular complexity index is 1060. The summed E-state index contributed by atoms with van der Waals surface area (Å²) in [5.74, 6) is 1.06. The summed E-state index contributed by atoms with van der Waals surface area (Å²) in [6.45, 7) is 2.93. The molecule has 0 aliphatic carbocycles. The lowest BCUT2D eigenvalue weighted by Gasteiger charge is -2.19. The van der Waals surface area contributed by atoms with Crippen molar-refractivity contribution in [3.8, 4) is 17.2 Å². The van der Waals surface area contributed by atoms with Gasteiger partial charge in [-0.3, -0.25) is 4.79 Å². The molecule has 3 aromatic carbocycles. The van der Waals surface area contributed by atoms with Crippen molar-refractivity contribution in [2.45, 2.75) is 51.7 Å². The summed E-state index contributed by atoms with van der Waals surface area (Å²) in [6.07, 6.45) is 7.59. The predicted molar refractivity (Wildman–Crippen MR) is 149 cm³/mol. The first-order chi connectivity index (χ1) is 18.0. The maximum atomic E-state index is 12.8. The van der Waals surface area contributed by atoms with E-state index in [2.05, 4.69) is 17.5 Å². The van der Waals surface area contributed by atoms with Gasteiger partial charge in [0, 0.05) is 10.0 Å². The number of nitrogens with one attached hydrogen (secondary N) is 1. The summed E-state index contributed by atoms with van der Waals surface area (Å²) in [5, 5.41) is 5.15. The summed E-state index contributed by atoms with van der Waals surface area (Å²) >= 11 is 11.9. The van der Waals surface area contributed by atoms with Crippen molar-refractivity contribution in [2.75, 3.05) is 6.61 Å². The minimum absolute atomic E-state index is 0.416. The van der Waals surface area contributed by atoms with Gasteiger partial charge in [0.2, 0.25) is 0 Å². The van der Waals surface area contributed by atoms with Crippen molar-refractivity contribution >= 4 is 35.3 Å². The Morgan fingerprint density at radius 3 is 1.86 bits per heavy atom. The smallest absolute Gasteiger partial charge is 0.323 e. The lowest BCUT2D eigenvalue weighted by atomic mass is 10.1. The number of amides is 1. The molecular formula is C29H32Cl2N2O4. The van der Waals surface area contributed by atoms with Gasteiger partial charge >= 0.3 is 12.2 Å². The van der Waals surface area contributed by atoms with Crippen LogP contribution in [-0.2, 0) is 4.79 Å². The first kappa shape index (κ1) is 28.4. The molecule has 0 bridgehead atoms. The van der Waals surface area contributed by atoms with Gasteiger partial charge in [0.05, 0.1) is 12.8 Å². The van der Waals surface area contributed by atoms with E-state index in [9.17, 15) is 4.79 Å². The zero-order valence-corrected chi connectivity index (χ0v) is 22.4. The van der Waals surface area contributed by atoms with Crippen LogP contribution >= 0.6 is 23.2 Å². The van der Waals surface area contributed by atoms with Crippen molar-refractivity contribution in [1.82, 2.24) is 5.43 Å². The average Bonchev–Trinajstić information content (AvgIpc) is 2.91. The normalized spacial score (nSPS) is 11.0. The van der Waals surface area contributed by atoms with Gasteiger partial charge in [0.15, 0.2) is 0 Å². The van der Waals surface area contributed by atoms with Gasteiger partial charge in [0.1, 0.15) is 17.2 Å². The van der Waals surface area contributed by atoms with Crippen LogP contribution in [0.5, 0.6) is 17.2 Å². The molecule has 0 spiro atoms. The number of carbonyl (C=O) groups excluding carboxylic acids is 1. The standard InChI is InChI=1S/C29H32Cl2N2O4/c1-2-3-4-5-6-7-20-35-25-14-8-22(9-15-25)21-32-33-28(34)29(36-26-16-10-23(30)11-17-26)37-27-18-12-24(31)13-19-27/h8-19,21,29H,2-7,20H2,1H3,(H,33,34)/b32-21+. The van der Waals surface area contributed by atoms with Gasteiger partial charge < -0.3 is 14.2 Å². The molecule has 1 N–H and O–H groups in total. The van der Waals surface area contributed by atoms with Gasteiger partial charge in [-0.1, -0.05) is 62.2 Å². The van der Waals surface area contributed by atoms with Crippen molar-refractivity contribution < 1.29 is 19.0 Å². The third-order valence-corrected chi connectivity index (χ3v) is 5.87. The Morgan fingerprint density at radius 2 is 1.30 bits per heavy atom. The number of carbonyl (C=O) groups is 1. The van der Waals surface area contributed by atoms with E-state index in [1.54, 1.807) is 48.5 Å². The maximum Gasteiger partial charge on any atom is 0.323 e. The topological polar surface area (TPSA) is 69.2 Å². The molecule has 0 radical (unpaired) electrons. The molecule has 0 heterocycles. The number of hydrogen-bond acceptors (Lipinski definition) is 5. The van der Waals surface area contributed by atoms with Crippen LogP contribution in [0.1, 0.15) is 51.0 Å². The summed E-state index contributed by atoms with van der Waals surface area (Å²) in [4.78, 5) is 12.8. The number of benzene rings is 3. The summed E-state index contributed by atoms with van der Waals surface area (Å²) in [6, 6.07) is 20.7. The third kappa shape index (κ3) is 10.7. The monoisotopic (exact) mass is 542 g/mol. The van der Waals surface area contributed by atoms with Crippen molar-refractivity contribution in [3.05, 3.63) is 88.4 Å². The van der Waals surface area contributed by atoms with Crippen molar-refractivity contribution in [2.24, 2.45) is 5.10 Å². The molecule has 1 amide bonds. The van der Waals surface area contributed by atoms with Gasteiger partial charge in [-0.05, 0) is 84.8 Å². The number of rotatable bonds is 15. The molecule has 3 aromatic rings. The predicted octanol–water partition coefficient (Wildman–Crippen LogP) is 7.67. The quantitative estimate of drug-likeness (QED) is 0.0925. The fraction of sp³-hybridized carbons (Fsp3) is 0.310. The molecule has 0 saturated heterocycles. The molecule has 0 atom stereocenters. The number of nitrogens with zero attached hydrogens (tertiary/aromatic N) is 1. The molecule has 3 rings (SSSR count). The molecule has 0 aliphatic rings. The van der Waals surface area contributed by atoms with Gasteiger partial charge in [-0.25, -0.2) is 5.43 Å². The Kier molecular flexibility index (Phi) is 12.1. The molecule has 0 fully saturated rings. The van der Waals surface area contributed by atoms with Gasteiger partial charge in [-0.15, -0.1) is 0 Å². The van der Waals surface area contributed by atoms with E-state index in [1.807, 2.05) is 24.3 Å². The van der Waals surface area contributed by atoms with E-state index in [-0.39, 0.29) is 0 Å². The fourth-order valence-corrected chi connectivity index (χ4v) is 3.60. The van der Waals surface area contributed by atoms with Crippen LogP contribution in [0.15, 0.2) is 77.9 Å². The lowest BCUT2D eigenvalue weighted by Crippen LogP contribution is -2.40. The second-order valence-electron chi connectivity index (χ2n) is 8.39. The molecule has 0 aromatic heterocycles. The highest BCUT2D eigenvalue weighted by Crippen LogP contribution is 2.21. The zero-order chi connectivity index (χ0) is 26.3. The van der Waals surface area contributed by atoms with Crippen LogP contribution in [0.4, 0.5) is 0 Å². The highest BCUT2D eigenvalue weighted by molar-refractivity contribution is 6.30. The highest BCUT2D eigenvalue weighted by Gasteiger charge is 2.22. The minimum Gasteiger partial charge on any atom is -0.494 e. The number of hydrazone groups is 1. The minimum atomic E-state index is -1.29. The Hall–Kier alpha value is -3.22. The first-order valence-corrected chi connectivity index (χ1v) is 13.2. The second-order valence-corrected chi connectivity index (χ2v) is 9.27. The largest absolute Gasteiger partial charge is 0.494 e. The van der Waals surface area contributed by atoms with E-state index in [4.69, 9.17) is 37.4 Å². The highest BCUT2D eigenvalue weighted by atomic mass is 35.5.